The second-order valence-electron chi connectivity index (χ2n) is 5.23. The van der Waals surface area contributed by atoms with Gasteiger partial charge < -0.3 is 0 Å². The molecular weight excluding hydrogens is 290 g/mol. The molecule has 0 fully saturated rings. The van der Waals surface area contributed by atoms with E-state index < -0.39 is 0 Å². The molecule has 0 spiro atoms. The average Bonchev–Trinajstić information content (AvgIpc) is 2.55. The molecule has 3 nitrogen and oxygen atoms in total. The van der Waals surface area contributed by atoms with Crippen LogP contribution in [0.25, 0.3) is 11.3 Å². The largest absolute Gasteiger partial charge is 0.264 e. The molecule has 3 aromatic rings. The van der Waals surface area contributed by atoms with E-state index in [4.69, 9.17) is 0 Å². The summed E-state index contributed by atoms with van der Waals surface area (Å²) in [5.41, 5.74) is 5.74. The van der Waals surface area contributed by atoms with Crippen molar-refractivity contribution in [1.82, 2.24) is 15.2 Å². The van der Waals surface area contributed by atoms with E-state index in [1.54, 1.807) is 18.0 Å². The van der Waals surface area contributed by atoms with Crippen molar-refractivity contribution in [2.75, 3.05) is 0 Å². The second kappa shape index (κ2) is 6.71. The van der Waals surface area contributed by atoms with E-state index in [0.717, 1.165) is 22.0 Å². The number of hydrogen-bond donors (Lipinski definition) is 0. The number of aromatic nitrogens is 3. The molecule has 0 saturated carbocycles. The molecule has 0 N–H and O–H groups in total. The van der Waals surface area contributed by atoms with Crippen molar-refractivity contribution in [3.63, 3.8) is 0 Å². The maximum Gasteiger partial charge on any atom is 0.119 e. The first-order valence-electron chi connectivity index (χ1n) is 7.15. The summed E-state index contributed by atoms with van der Waals surface area (Å²) in [4.78, 5) is 4.12. The molecule has 110 valence electrons. The molecule has 0 unspecified atom stereocenters. The lowest BCUT2D eigenvalue weighted by Crippen LogP contribution is -1.92. The van der Waals surface area contributed by atoms with Gasteiger partial charge in [-0.3, -0.25) is 4.98 Å². The number of benzene rings is 1. The molecule has 0 aliphatic heterocycles. The Bertz CT molecular complexity index is 755. The van der Waals surface area contributed by atoms with Crippen LogP contribution < -0.4 is 0 Å². The fourth-order valence-corrected chi connectivity index (χ4v) is 3.03. The zero-order chi connectivity index (χ0) is 15.4. The third-order valence-electron chi connectivity index (χ3n) is 3.41. The second-order valence-corrected chi connectivity index (χ2v) is 6.22. The van der Waals surface area contributed by atoms with Crippen LogP contribution in [0.1, 0.15) is 16.7 Å². The van der Waals surface area contributed by atoms with Crippen molar-refractivity contribution < 1.29 is 0 Å². The highest BCUT2D eigenvalue weighted by Gasteiger charge is 2.05. The van der Waals surface area contributed by atoms with Crippen LogP contribution >= 0.6 is 11.8 Å². The number of rotatable bonds is 4. The predicted molar refractivity (Wildman–Crippen MR) is 90.7 cm³/mol. The van der Waals surface area contributed by atoms with Crippen molar-refractivity contribution in [2.24, 2.45) is 0 Å². The van der Waals surface area contributed by atoms with Gasteiger partial charge in [-0.05, 0) is 43.2 Å². The Balaban J connectivity index is 1.72. The molecule has 4 heteroatoms. The highest BCUT2D eigenvalue weighted by molar-refractivity contribution is 7.98. The van der Waals surface area contributed by atoms with Crippen LogP contribution in [0.2, 0.25) is 0 Å². The van der Waals surface area contributed by atoms with E-state index in [9.17, 15) is 0 Å². The van der Waals surface area contributed by atoms with Crippen LogP contribution in [-0.2, 0) is 5.75 Å². The maximum absolute atomic E-state index is 4.37. The minimum absolute atomic E-state index is 0.853. The third-order valence-corrected chi connectivity index (χ3v) is 4.40. The van der Waals surface area contributed by atoms with Gasteiger partial charge in [-0.25, -0.2) is 0 Å². The summed E-state index contributed by atoms with van der Waals surface area (Å²) in [5.74, 6) is 0.853. The molecule has 22 heavy (non-hydrogen) atoms. The van der Waals surface area contributed by atoms with Gasteiger partial charge in [0.25, 0.3) is 0 Å². The monoisotopic (exact) mass is 307 g/mol. The Morgan fingerprint density at radius 3 is 2.59 bits per heavy atom. The molecule has 0 aliphatic rings. The molecule has 0 bridgehead atoms. The maximum atomic E-state index is 4.37. The van der Waals surface area contributed by atoms with Crippen LogP contribution in [0.5, 0.6) is 0 Å². The van der Waals surface area contributed by atoms with Gasteiger partial charge in [0.1, 0.15) is 5.03 Å². The van der Waals surface area contributed by atoms with E-state index in [1.165, 1.54) is 16.7 Å². The fourth-order valence-electron chi connectivity index (χ4n) is 2.28. The summed E-state index contributed by atoms with van der Waals surface area (Å²) in [5, 5.41) is 9.62. The molecule has 0 aliphatic carbocycles. The van der Waals surface area contributed by atoms with Crippen molar-refractivity contribution >= 4 is 11.8 Å². The van der Waals surface area contributed by atoms with Crippen LogP contribution in [0.15, 0.2) is 59.9 Å². The summed E-state index contributed by atoms with van der Waals surface area (Å²) in [6.07, 6.45) is 3.66. The number of nitrogens with zero attached hydrogens (tertiary/aromatic N) is 3. The van der Waals surface area contributed by atoms with Crippen LogP contribution in [0, 0.1) is 13.8 Å². The molecule has 0 radical (unpaired) electrons. The van der Waals surface area contributed by atoms with Crippen LogP contribution in [-0.4, -0.2) is 15.2 Å². The lowest BCUT2D eigenvalue weighted by molar-refractivity contribution is 0.934. The van der Waals surface area contributed by atoms with Crippen molar-refractivity contribution in [2.45, 2.75) is 24.6 Å². The molecule has 0 amide bonds. The first-order chi connectivity index (χ1) is 10.7. The van der Waals surface area contributed by atoms with E-state index in [0.29, 0.717) is 0 Å². The third kappa shape index (κ3) is 3.52. The van der Waals surface area contributed by atoms with Gasteiger partial charge >= 0.3 is 0 Å². The number of pyridine rings is 1. The van der Waals surface area contributed by atoms with E-state index in [2.05, 4.69) is 53.3 Å². The lowest BCUT2D eigenvalue weighted by atomic mass is 10.0. The Kier molecular flexibility index (Phi) is 4.49. The average molecular weight is 307 g/mol. The van der Waals surface area contributed by atoms with Crippen molar-refractivity contribution in [3.05, 3.63) is 71.5 Å². The van der Waals surface area contributed by atoms with E-state index >= 15 is 0 Å². The minimum Gasteiger partial charge on any atom is -0.264 e. The lowest BCUT2D eigenvalue weighted by Gasteiger charge is -2.06. The highest BCUT2D eigenvalue weighted by Crippen LogP contribution is 2.24. The molecule has 3 rings (SSSR count). The van der Waals surface area contributed by atoms with Gasteiger partial charge in [-0.15, -0.1) is 10.2 Å². The van der Waals surface area contributed by atoms with Gasteiger partial charge in [0.05, 0.1) is 5.69 Å². The zero-order valence-electron chi connectivity index (χ0n) is 12.7. The predicted octanol–water partition coefficient (Wildman–Crippen LogP) is 4.45. The Hall–Kier alpha value is -2.20. The zero-order valence-corrected chi connectivity index (χ0v) is 13.5. The summed E-state index contributed by atoms with van der Waals surface area (Å²) in [6, 6.07) is 14.5. The Morgan fingerprint density at radius 2 is 1.91 bits per heavy atom. The van der Waals surface area contributed by atoms with Crippen molar-refractivity contribution in [1.29, 1.82) is 0 Å². The topological polar surface area (TPSA) is 38.7 Å². The van der Waals surface area contributed by atoms with Gasteiger partial charge in [0.15, 0.2) is 0 Å². The van der Waals surface area contributed by atoms with Gasteiger partial charge in [0, 0.05) is 23.7 Å². The number of aryl methyl sites for hydroxylation is 2. The Morgan fingerprint density at radius 1 is 1.00 bits per heavy atom. The Labute approximate surface area is 134 Å². The van der Waals surface area contributed by atoms with Gasteiger partial charge in [-0.2, -0.15) is 0 Å². The van der Waals surface area contributed by atoms with Crippen LogP contribution in [0.4, 0.5) is 0 Å². The van der Waals surface area contributed by atoms with Crippen LogP contribution in [0.3, 0.4) is 0 Å². The van der Waals surface area contributed by atoms with Crippen molar-refractivity contribution in [3.8, 4) is 11.3 Å². The molecule has 2 heterocycles. The molecule has 0 saturated heterocycles. The molecule has 1 aromatic carbocycles. The molecule has 0 atom stereocenters. The summed E-state index contributed by atoms with van der Waals surface area (Å²) in [7, 11) is 0. The molecular formula is C18H17N3S. The van der Waals surface area contributed by atoms with Gasteiger partial charge in [-0.1, -0.05) is 41.6 Å². The standard InChI is InChI=1S/C18H17N3S/c1-13-5-6-16(14(2)10-13)17-7-8-18(21-20-17)22-12-15-4-3-9-19-11-15/h3-11H,12H2,1-2H3. The quantitative estimate of drug-likeness (QED) is 0.668. The smallest absolute Gasteiger partial charge is 0.119 e. The summed E-state index contributed by atoms with van der Waals surface area (Å²) < 4.78 is 0. The first kappa shape index (κ1) is 14.7. The normalized spacial score (nSPS) is 10.6. The summed E-state index contributed by atoms with van der Waals surface area (Å²) in [6.45, 7) is 4.20. The van der Waals surface area contributed by atoms with Gasteiger partial charge in [0.2, 0.25) is 0 Å². The fraction of sp³-hybridized carbons (Fsp3) is 0.167. The minimum atomic E-state index is 0.853. The van der Waals surface area contributed by atoms with E-state index in [1.807, 2.05) is 24.4 Å². The van der Waals surface area contributed by atoms with E-state index in [-0.39, 0.29) is 0 Å². The number of thioether (sulfide) groups is 1. The number of hydrogen-bond acceptors (Lipinski definition) is 4. The highest BCUT2D eigenvalue weighted by atomic mass is 32.2. The SMILES string of the molecule is Cc1ccc(-c2ccc(SCc3cccnc3)nn2)c(C)c1. The summed E-state index contributed by atoms with van der Waals surface area (Å²) >= 11 is 1.67. The molecule has 2 aromatic heterocycles. The first-order valence-corrected chi connectivity index (χ1v) is 8.14.